The number of benzene rings is 1. The molecule has 2 heterocycles. The molecule has 0 spiro atoms. The molecule has 0 radical (unpaired) electrons. The molecule has 0 N–H and O–H groups in total. The number of hydrogen-bond donors (Lipinski definition) is 0. The Morgan fingerprint density at radius 3 is 2.89 bits per heavy atom. The van der Waals surface area contributed by atoms with Crippen LogP contribution in [0.25, 0.3) is 22.2 Å². The zero-order valence-electron chi connectivity index (χ0n) is 11.0. The lowest BCUT2D eigenvalue weighted by molar-refractivity contribution is 0.187. The maximum atomic E-state index is 5.15. The van der Waals surface area contributed by atoms with Crippen LogP contribution >= 0.6 is 11.3 Å². The van der Waals surface area contributed by atoms with E-state index in [2.05, 4.69) is 48.7 Å². The van der Waals surface area contributed by atoms with Gasteiger partial charge in [-0.1, -0.05) is 17.7 Å². The van der Waals surface area contributed by atoms with Gasteiger partial charge in [0.25, 0.3) is 0 Å². The third-order valence-electron chi connectivity index (χ3n) is 3.08. The molecule has 0 amide bonds. The molecule has 0 unspecified atom stereocenters. The first-order valence-corrected chi connectivity index (χ1v) is 7.08. The minimum Gasteiger partial charge on any atom is -0.379 e. The van der Waals surface area contributed by atoms with E-state index in [-0.39, 0.29) is 0 Å². The van der Waals surface area contributed by atoms with Crippen molar-refractivity contribution >= 4 is 22.2 Å². The second-order valence-corrected chi connectivity index (χ2v) is 5.62. The van der Waals surface area contributed by atoms with Crippen molar-refractivity contribution in [3.8, 4) is 11.3 Å². The van der Waals surface area contributed by atoms with Crippen molar-refractivity contribution < 1.29 is 4.74 Å². The summed E-state index contributed by atoms with van der Waals surface area (Å²) >= 11 is 1.71. The van der Waals surface area contributed by atoms with Gasteiger partial charge >= 0.3 is 0 Å². The van der Waals surface area contributed by atoms with Crippen molar-refractivity contribution in [1.82, 2.24) is 4.98 Å². The van der Waals surface area contributed by atoms with Crippen molar-refractivity contribution in [2.45, 2.75) is 13.5 Å². The minimum atomic E-state index is 0.664. The van der Waals surface area contributed by atoms with Crippen LogP contribution in [0.2, 0.25) is 0 Å². The highest BCUT2D eigenvalue weighted by molar-refractivity contribution is 7.10. The van der Waals surface area contributed by atoms with Crippen LogP contribution in [-0.4, -0.2) is 12.1 Å². The first-order valence-electron chi connectivity index (χ1n) is 6.20. The monoisotopic (exact) mass is 269 g/mol. The van der Waals surface area contributed by atoms with E-state index < -0.39 is 0 Å². The lowest BCUT2D eigenvalue weighted by Gasteiger charge is -2.02. The summed E-state index contributed by atoms with van der Waals surface area (Å²) in [5.41, 5.74) is 4.50. The van der Waals surface area contributed by atoms with E-state index in [9.17, 15) is 0 Å². The lowest BCUT2D eigenvalue weighted by atomic mass is 10.1. The number of fused-ring (bicyclic) bond motifs is 1. The third kappa shape index (κ3) is 2.53. The van der Waals surface area contributed by atoms with Gasteiger partial charge in [0.1, 0.15) is 0 Å². The quantitative estimate of drug-likeness (QED) is 0.702. The van der Waals surface area contributed by atoms with Gasteiger partial charge in [-0.15, -0.1) is 11.3 Å². The Balaban J connectivity index is 2.02. The van der Waals surface area contributed by atoms with Crippen molar-refractivity contribution in [3.05, 3.63) is 52.2 Å². The number of ether oxygens (including phenoxy) is 1. The average Bonchev–Trinajstić information content (AvgIpc) is 2.87. The molecular weight excluding hydrogens is 254 g/mol. The molecule has 3 heteroatoms. The van der Waals surface area contributed by atoms with Crippen LogP contribution in [-0.2, 0) is 11.3 Å². The molecule has 0 aliphatic carbocycles. The molecule has 0 saturated carbocycles. The van der Waals surface area contributed by atoms with Gasteiger partial charge in [-0.2, -0.15) is 0 Å². The van der Waals surface area contributed by atoms with Gasteiger partial charge in [-0.3, -0.25) is 0 Å². The highest BCUT2D eigenvalue weighted by Crippen LogP contribution is 2.26. The summed E-state index contributed by atoms with van der Waals surface area (Å²) in [5, 5.41) is 3.33. The summed E-state index contributed by atoms with van der Waals surface area (Å²) in [7, 11) is 1.72. The Hall–Kier alpha value is -1.71. The predicted molar refractivity (Wildman–Crippen MR) is 80.5 cm³/mol. The van der Waals surface area contributed by atoms with Gasteiger partial charge in [0, 0.05) is 28.3 Å². The fourth-order valence-electron chi connectivity index (χ4n) is 2.14. The van der Waals surface area contributed by atoms with E-state index >= 15 is 0 Å². The van der Waals surface area contributed by atoms with Crippen LogP contribution in [0.1, 0.15) is 10.4 Å². The Morgan fingerprint density at radius 1 is 1.16 bits per heavy atom. The summed E-state index contributed by atoms with van der Waals surface area (Å²) < 4.78 is 5.15. The maximum absolute atomic E-state index is 5.15. The van der Waals surface area contributed by atoms with E-state index in [1.807, 2.05) is 0 Å². The van der Waals surface area contributed by atoms with E-state index in [1.54, 1.807) is 18.4 Å². The highest BCUT2D eigenvalue weighted by atomic mass is 32.1. The van der Waals surface area contributed by atoms with Gasteiger partial charge in [0.2, 0.25) is 0 Å². The molecule has 0 aliphatic heterocycles. The van der Waals surface area contributed by atoms with E-state index in [0.717, 1.165) is 11.2 Å². The number of hydrogen-bond acceptors (Lipinski definition) is 3. The number of thiophene rings is 1. The Kier molecular flexibility index (Phi) is 3.32. The molecule has 0 saturated heterocycles. The molecule has 0 fully saturated rings. The zero-order chi connectivity index (χ0) is 13.2. The first-order chi connectivity index (χ1) is 9.26. The number of aryl methyl sites for hydroxylation is 1. The second-order valence-electron chi connectivity index (χ2n) is 4.63. The third-order valence-corrected chi connectivity index (χ3v) is 3.99. The second kappa shape index (κ2) is 5.11. The molecule has 0 bridgehead atoms. The van der Waals surface area contributed by atoms with Gasteiger partial charge in [-0.05, 0) is 31.2 Å². The van der Waals surface area contributed by atoms with Crippen molar-refractivity contribution in [1.29, 1.82) is 0 Å². The van der Waals surface area contributed by atoms with Crippen LogP contribution < -0.4 is 0 Å². The van der Waals surface area contributed by atoms with Crippen molar-refractivity contribution in [3.63, 3.8) is 0 Å². The van der Waals surface area contributed by atoms with Crippen LogP contribution in [0.4, 0.5) is 0 Å². The summed E-state index contributed by atoms with van der Waals surface area (Å²) in [6.45, 7) is 2.76. The van der Waals surface area contributed by atoms with Gasteiger partial charge in [0.15, 0.2) is 0 Å². The molecule has 3 rings (SSSR count). The molecular formula is C16H15NOS. The summed E-state index contributed by atoms with van der Waals surface area (Å²) in [6.07, 6.45) is 0. The topological polar surface area (TPSA) is 22.1 Å². The number of pyridine rings is 1. The largest absolute Gasteiger partial charge is 0.379 e. The summed E-state index contributed by atoms with van der Waals surface area (Å²) in [6, 6.07) is 12.7. The molecule has 96 valence electrons. The Bertz CT molecular complexity index is 718. The fourth-order valence-corrected chi connectivity index (χ4v) is 2.99. The van der Waals surface area contributed by atoms with Gasteiger partial charge in [0.05, 0.1) is 17.8 Å². The van der Waals surface area contributed by atoms with Crippen LogP contribution in [0.3, 0.4) is 0 Å². The molecule has 19 heavy (non-hydrogen) atoms. The predicted octanol–water partition coefficient (Wildman–Crippen LogP) is 4.42. The van der Waals surface area contributed by atoms with Crippen LogP contribution in [0, 0.1) is 6.92 Å². The highest BCUT2D eigenvalue weighted by Gasteiger charge is 2.05. The Labute approximate surface area is 116 Å². The van der Waals surface area contributed by atoms with Crippen molar-refractivity contribution in [2.75, 3.05) is 7.11 Å². The lowest BCUT2D eigenvalue weighted by Crippen LogP contribution is -1.85. The molecule has 1 aromatic carbocycles. The van der Waals surface area contributed by atoms with E-state index in [4.69, 9.17) is 9.72 Å². The number of rotatable bonds is 3. The zero-order valence-corrected chi connectivity index (χ0v) is 11.8. The van der Waals surface area contributed by atoms with Crippen molar-refractivity contribution in [2.24, 2.45) is 0 Å². The maximum Gasteiger partial charge on any atom is 0.0805 e. The van der Waals surface area contributed by atoms with E-state index in [1.165, 1.54) is 21.4 Å². The molecule has 0 atom stereocenters. The van der Waals surface area contributed by atoms with Crippen LogP contribution in [0.15, 0.2) is 41.8 Å². The number of nitrogens with zero attached hydrogens (tertiary/aromatic N) is 1. The molecule has 2 aromatic heterocycles. The van der Waals surface area contributed by atoms with Gasteiger partial charge in [-0.25, -0.2) is 4.98 Å². The SMILES string of the molecule is COCc1cc(-c2ccc3cc(C)ccc3n2)cs1. The average molecular weight is 269 g/mol. The minimum absolute atomic E-state index is 0.664. The van der Waals surface area contributed by atoms with Gasteiger partial charge < -0.3 is 4.74 Å². The first kappa shape index (κ1) is 12.3. The smallest absolute Gasteiger partial charge is 0.0805 e. The normalized spacial score (nSPS) is 11.1. The standard InChI is InChI=1S/C16H15NOS/c1-11-3-5-15-12(7-11)4-6-16(17-15)13-8-14(9-18-2)19-10-13/h3-8,10H,9H2,1-2H3. The number of aromatic nitrogens is 1. The summed E-state index contributed by atoms with van der Waals surface area (Å²) in [5.74, 6) is 0. The summed E-state index contributed by atoms with van der Waals surface area (Å²) in [4.78, 5) is 5.95. The molecule has 3 aromatic rings. The molecule has 2 nitrogen and oxygen atoms in total. The Morgan fingerprint density at radius 2 is 2.05 bits per heavy atom. The number of methoxy groups -OCH3 is 1. The fraction of sp³-hybridized carbons (Fsp3) is 0.188. The van der Waals surface area contributed by atoms with E-state index in [0.29, 0.717) is 6.61 Å². The molecule has 0 aliphatic rings. The van der Waals surface area contributed by atoms with Crippen LogP contribution in [0.5, 0.6) is 0 Å².